The Morgan fingerprint density at radius 2 is 2.09 bits per heavy atom. The molecule has 0 aromatic carbocycles. The minimum Gasteiger partial charge on any atom is -0.374 e. The zero-order valence-electron chi connectivity index (χ0n) is 13.8. The number of morpholine rings is 1. The van der Waals surface area contributed by atoms with Crippen LogP contribution in [0.25, 0.3) is 0 Å². The number of nitrogens with zero attached hydrogens (tertiary/aromatic N) is 4. The molecule has 6 nitrogen and oxygen atoms in total. The monoisotopic (exact) mass is 304 g/mol. The summed E-state index contributed by atoms with van der Waals surface area (Å²) >= 11 is 0. The number of hydrogen-bond donors (Lipinski definition) is 0. The lowest BCUT2D eigenvalue weighted by atomic mass is 10.1. The van der Waals surface area contributed by atoms with Crippen LogP contribution >= 0.6 is 0 Å². The van der Waals surface area contributed by atoms with Crippen LogP contribution in [-0.2, 0) is 17.8 Å². The molecule has 0 bridgehead atoms. The normalized spacial score (nSPS) is 19.7. The average molecular weight is 304 g/mol. The molecule has 0 aliphatic carbocycles. The maximum Gasteiger partial charge on any atom is 0.138 e. The second-order valence-electron chi connectivity index (χ2n) is 6.14. The summed E-state index contributed by atoms with van der Waals surface area (Å²) in [6, 6.07) is 2.10. The van der Waals surface area contributed by atoms with Gasteiger partial charge in [-0.1, -0.05) is 5.16 Å². The third-order valence-electron chi connectivity index (χ3n) is 4.27. The van der Waals surface area contributed by atoms with Crippen LogP contribution < -0.4 is 0 Å². The number of rotatable bonds is 4. The SMILES string of the molecule is Cc1cc(C)n(C[C@@H]2CN(Cc3c(C)noc3C)CCO2)n1. The first-order valence-electron chi connectivity index (χ1n) is 7.79. The summed E-state index contributed by atoms with van der Waals surface area (Å²) < 4.78 is 13.2. The number of aryl methyl sites for hydroxylation is 4. The average Bonchev–Trinajstić information content (AvgIpc) is 2.95. The van der Waals surface area contributed by atoms with Gasteiger partial charge in [0.1, 0.15) is 5.76 Å². The van der Waals surface area contributed by atoms with E-state index in [9.17, 15) is 0 Å². The van der Waals surface area contributed by atoms with E-state index in [1.807, 2.05) is 25.5 Å². The molecule has 1 aliphatic rings. The summed E-state index contributed by atoms with van der Waals surface area (Å²) in [5.74, 6) is 0.916. The summed E-state index contributed by atoms with van der Waals surface area (Å²) in [5.41, 5.74) is 4.43. The van der Waals surface area contributed by atoms with Gasteiger partial charge in [0, 0.05) is 30.9 Å². The van der Waals surface area contributed by atoms with Gasteiger partial charge in [-0.2, -0.15) is 5.10 Å². The molecule has 3 rings (SSSR count). The number of hydrogen-bond acceptors (Lipinski definition) is 5. The van der Waals surface area contributed by atoms with Crippen LogP contribution in [0.1, 0.15) is 28.4 Å². The topological polar surface area (TPSA) is 56.3 Å². The van der Waals surface area contributed by atoms with E-state index in [0.29, 0.717) is 0 Å². The molecule has 6 heteroatoms. The van der Waals surface area contributed by atoms with Gasteiger partial charge in [-0.05, 0) is 33.8 Å². The van der Waals surface area contributed by atoms with Gasteiger partial charge in [-0.15, -0.1) is 0 Å². The first kappa shape index (κ1) is 15.2. The van der Waals surface area contributed by atoms with Crippen LogP contribution in [0.4, 0.5) is 0 Å². The van der Waals surface area contributed by atoms with Gasteiger partial charge in [-0.25, -0.2) is 0 Å². The van der Waals surface area contributed by atoms with Crippen LogP contribution in [0.3, 0.4) is 0 Å². The highest BCUT2D eigenvalue weighted by atomic mass is 16.5. The molecule has 22 heavy (non-hydrogen) atoms. The van der Waals surface area contributed by atoms with Crippen molar-refractivity contribution in [3.8, 4) is 0 Å². The molecule has 1 atom stereocenters. The van der Waals surface area contributed by atoms with Gasteiger partial charge in [0.05, 0.1) is 30.6 Å². The lowest BCUT2D eigenvalue weighted by Crippen LogP contribution is -2.44. The van der Waals surface area contributed by atoms with Crippen molar-refractivity contribution < 1.29 is 9.26 Å². The van der Waals surface area contributed by atoms with Crippen LogP contribution in [0.2, 0.25) is 0 Å². The molecule has 1 fully saturated rings. The smallest absolute Gasteiger partial charge is 0.138 e. The second-order valence-corrected chi connectivity index (χ2v) is 6.14. The Morgan fingerprint density at radius 3 is 2.73 bits per heavy atom. The fourth-order valence-corrected chi connectivity index (χ4v) is 3.04. The Bertz CT molecular complexity index is 627. The van der Waals surface area contributed by atoms with E-state index in [1.54, 1.807) is 0 Å². The van der Waals surface area contributed by atoms with Crippen LogP contribution in [0, 0.1) is 27.7 Å². The molecule has 3 heterocycles. The summed E-state index contributed by atoms with van der Waals surface area (Å²) in [7, 11) is 0. The third-order valence-corrected chi connectivity index (χ3v) is 4.27. The number of ether oxygens (including phenoxy) is 1. The molecule has 0 unspecified atom stereocenters. The lowest BCUT2D eigenvalue weighted by molar-refractivity contribution is -0.0406. The van der Waals surface area contributed by atoms with Gasteiger partial charge >= 0.3 is 0 Å². The second kappa shape index (κ2) is 6.22. The van der Waals surface area contributed by atoms with Crippen molar-refractivity contribution in [2.24, 2.45) is 0 Å². The maximum absolute atomic E-state index is 5.91. The minimum atomic E-state index is 0.173. The van der Waals surface area contributed by atoms with Crippen molar-refractivity contribution in [3.63, 3.8) is 0 Å². The number of aromatic nitrogens is 3. The van der Waals surface area contributed by atoms with E-state index >= 15 is 0 Å². The Kier molecular flexibility index (Phi) is 4.31. The first-order chi connectivity index (χ1) is 10.5. The van der Waals surface area contributed by atoms with Crippen LogP contribution in [-0.4, -0.2) is 45.6 Å². The zero-order valence-corrected chi connectivity index (χ0v) is 13.8. The van der Waals surface area contributed by atoms with E-state index in [1.165, 1.54) is 11.3 Å². The quantitative estimate of drug-likeness (QED) is 0.865. The van der Waals surface area contributed by atoms with Gasteiger partial charge < -0.3 is 9.26 Å². The predicted octanol–water partition coefficient (Wildman–Crippen LogP) is 2.01. The molecule has 0 amide bonds. The highest BCUT2D eigenvalue weighted by molar-refractivity contribution is 5.20. The van der Waals surface area contributed by atoms with Crippen molar-refractivity contribution in [2.75, 3.05) is 19.7 Å². The van der Waals surface area contributed by atoms with E-state index in [0.717, 1.165) is 49.9 Å². The molecule has 0 spiro atoms. The van der Waals surface area contributed by atoms with Crippen molar-refractivity contribution >= 4 is 0 Å². The maximum atomic E-state index is 5.91. The first-order valence-corrected chi connectivity index (χ1v) is 7.79. The Morgan fingerprint density at radius 1 is 1.27 bits per heavy atom. The van der Waals surface area contributed by atoms with E-state index in [4.69, 9.17) is 9.26 Å². The fraction of sp³-hybridized carbons (Fsp3) is 0.625. The summed E-state index contributed by atoms with van der Waals surface area (Å²) in [5, 5.41) is 8.56. The molecule has 2 aromatic heterocycles. The van der Waals surface area contributed by atoms with Gasteiger partial charge in [0.15, 0.2) is 0 Å². The summed E-state index contributed by atoms with van der Waals surface area (Å²) in [4.78, 5) is 2.41. The predicted molar refractivity (Wildman–Crippen MR) is 82.7 cm³/mol. The standard InChI is InChI=1S/C16H24N4O2/c1-11-7-12(2)20(17-11)9-15-8-19(5-6-21-15)10-16-13(3)18-22-14(16)4/h7,15H,5-6,8-10H2,1-4H3/t15-/m0/s1. The molecule has 2 aromatic rings. The highest BCUT2D eigenvalue weighted by Gasteiger charge is 2.23. The molecule has 120 valence electrons. The molecule has 1 saturated heterocycles. The Labute approximate surface area is 131 Å². The molecule has 0 N–H and O–H groups in total. The fourth-order valence-electron chi connectivity index (χ4n) is 3.04. The van der Waals surface area contributed by atoms with Crippen molar-refractivity contribution in [2.45, 2.75) is 46.9 Å². The van der Waals surface area contributed by atoms with E-state index in [-0.39, 0.29) is 6.10 Å². The molecular formula is C16H24N4O2. The largest absolute Gasteiger partial charge is 0.374 e. The van der Waals surface area contributed by atoms with Crippen molar-refractivity contribution in [3.05, 3.63) is 34.5 Å². The molecule has 0 radical (unpaired) electrons. The van der Waals surface area contributed by atoms with Crippen molar-refractivity contribution in [1.29, 1.82) is 0 Å². The van der Waals surface area contributed by atoms with Crippen molar-refractivity contribution in [1.82, 2.24) is 19.8 Å². The molecular weight excluding hydrogens is 280 g/mol. The third kappa shape index (κ3) is 3.23. The van der Waals surface area contributed by atoms with Crippen LogP contribution in [0.5, 0.6) is 0 Å². The van der Waals surface area contributed by atoms with Crippen LogP contribution in [0.15, 0.2) is 10.6 Å². The Hall–Kier alpha value is -1.66. The summed E-state index contributed by atoms with van der Waals surface area (Å²) in [6.45, 7) is 12.4. The highest BCUT2D eigenvalue weighted by Crippen LogP contribution is 2.18. The molecule has 0 saturated carbocycles. The lowest BCUT2D eigenvalue weighted by Gasteiger charge is -2.33. The molecule has 1 aliphatic heterocycles. The van der Waals surface area contributed by atoms with Gasteiger partial charge in [0.2, 0.25) is 0 Å². The Balaban J connectivity index is 1.63. The zero-order chi connectivity index (χ0) is 15.7. The van der Waals surface area contributed by atoms with Gasteiger partial charge in [0.25, 0.3) is 0 Å². The van der Waals surface area contributed by atoms with E-state index < -0.39 is 0 Å². The minimum absolute atomic E-state index is 0.173. The van der Waals surface area contributed by atoms with E-state index in [2.05, 4.69) is 28.1 Å². The van der Waals surface area contributed by atoms with Gasteiger partial charge in [-0.3, -0.25) is 9.58 Å². The summed E-state index contributed by atoms with van der Waals surface area (Å²) in [6.07, 6.45) is 0.173.